The van der Waals surface area contributed by atoms with Gasteiger partial charge in [0, 0.05) is 37.5 Å². The Labute approximate surface area is 188 Å². The highest BCUT2D eigenvalue weighted by Crippen LogP contribution is 2.52. The van der Waals surface area contributed by atoms with Gasteiger partial charge in [-0.3, -0.25) is 30.3 Å². The molecule has 33 heavy (non-hydrogen) atoms. The van der Waals surface area contributed by atoms with Crippen molar-refractivity contribution in [1.29, 1.82) is 0 Å². The molecule has 1 unspecified atom stereocenters. The summed E-state index contributed by atoms with van der Waals surface area (Å²) in [5, 5.41) is 46.3. The SMILES string of the molecule is CN1C(O)=C([N+](=O)[O-])C(C2=C(N3CCOCC3)CCCC2)c2cc([N+](=O)[O-])cc([N+](=O)[O-])c21. The molecule has 1 aliphatic carbocycles. The third-order valence-corrected chi connectivity index (χ3v) is 6.40. The number of nitro benzene ring substituents is 2. The lowest BCUT2D eigenvalue weighted by Gasteiger charge is -2.38. The summed E-state index contributed by atoms with van der Waals surface area (Å²) < 4.78 is 5.42. The van der Waals surface area contributed by atoms with E-state index in [9.17, 15) is 35.4 Å². The molecule has 1 aromatic carbocycles. The summed E-state index contributed by atoms with van der Waals surface area (Å²) in [6.07, 6.45) is 2.74. The molecule has 4 rings (SSSR count). The Morgan fingerprint density at radius 1 is 1.00 bits per heavy atom. The van der Waals surface area contributed by atoms with Crippen LogP contribution in [0.1, 0.15) is 37.2 Å². The van der Waals surface area contributed by atoms with Gasteiger partial charge in [-0.05, 0) is 31.3 Å². The minimum atomic E-state index is -1.15. The summed E-state index contributed by atoms with van der Waals surface area (Å²) in [6, 6.07) is 1.97. The average Bonchev–Trinajstić information content (AvgIpc) is 2.80. The minimum Gasteiger partial charge on any atom is -0.490 e. The number of hydrogen-bond acceptors (Lipinski definition) is 10. The number of aliphatic hydroxyl groups excluding tert-OH is 1. The molecular formula is C20H23N5O8. The van der Waals surface area contributed by atoms with E-state index in [-0.39, 0.29) is 11.3 Å². The van der Waals surface area contributed by atoms with Crippen molar-refractivity contribution in [1.82, 2.24) is 4.90 Å². The number of morpholine rings is 1. The molecule has 0 radical (unpaired) electrons. The molecule has 2 aliphatic heterocycles. The first kappa shape index (κ1) is 22.5. The third kappa shape index (κ3) is 3.84. The van der Waals surface area contributed by atoms with Crippen LogP contribution in [0.3, 0.4) is 0 Å². The Kier molecular flexibility index (Phi) is 5.89. The smallest absolute Gasteiger partial charge is 0.317 e. The van der Waals surface area contributed by atoms with Crippen molar-refractivity contribution in [2.75, 3.05) is 38.3 Å². The van der Waals surface area contributed by atoms with E-state index in [0.717, 1.165) is 35.6 Å². The van der Waals surface area contributed by atoms with Crippen molar-refractivity contribution in [2.45, 2.75) is 31.6 Å². The minimum absolute atomic E-state index is 0.0746. The number of benzene rings is 1. The van der Waals surface area contributed by atoms with E-state index in [1.165, 1.54) is 7.05 Å². The van der Waals surface area contributed by atoms with Crippen molar-refractivity contribution in [2.24, 2.45) is 0 Å². The van der Waals surface area contributed by atoms with Crippen LogP contribution in [-0.4, -0.2) is 58.1 Å². The van der Waals surface area contributed by atoms with Gasteiger partial charge in [-0.15, -0.1) is 0 Å². The monoisotopic (exact) mass is 461 g/mol. The summed E-state index contributed by atoms with van der Waals surface area (Å²) in [6.45, 7) is 2.19. The van der Waals surface area contributed by atoms with Gasteiger partial charge in [-0.25, -0.2) is 0 Å². The zero-order valence-corrected chi connectivity index (χ0v) is 17.9. The highest BCUT2D eigenvalue weighted by atomic mass is 16.6. The van der Waals surface area contributed by atoms with Crippen LogP contribution >= 0.6 is 0 Å². The van der Waals surface area contributed by atoms with Gasteiger partial charge in [0.05, 0.1) is 34.1 Å². The van der Waals surface area contributed by atoms with Crippen LogP contribution < -0.4 is 4.90 Å². The van der Waals surface area contributed by atoms with Crippen LogP contribution in [0, 0.1) is 30.3 Å². The zero-order valence-electron chi connectivity index (χ0n) is 17.9. The van der Waals surface area contributed by atoms with Crippen molar-refractivity contribution < 1.29 is 24.6 Å². The summed E-state index contributed by atoms with van der Waals surface area (Å²) >= 11 is 0. The molecule has 1 saturated heterocycles. The average molecular weight is 461 g/mol. The molecule has 13 heteroatoms. The summed E-state index contributed by atoms with van der Waals surface area (Å²) in [4.78, 5) is 36.3. The van der Waals surface area contributed by atoms with Gasteiger partial charge < -0.3 is 19.6 Å². The lowest BCUT2D eigenvalue weighted by Crippen LogP contribution is -2.38. The molecule has 0 spiro atoms. The number of fused-ring (bicyclic) bond motifs is 1. The molecule has 3 aliphatic rings. The van der Waals surface area contributed by atoms with Crippen molar-refractivity contribution in [3.8, 4) is 0 Å². The van der Waals surface area contributed by atoms with Gasteiger partial charge in [0.25, 0.3) is 17.3 Å². The van der Waals surface area contributed by atoms with Crippen LogP contribution in [0.5, 0.6) is 0 Å². The van der Waals surface area contributed by atoms with Gasteiger partial charge in [-0.2, -0.15) is 0 Å². The second-order valence-corrected chi connectivity index (χ2v) is 8.15. The number of allylic oxidation sites excluding steroid dienone is 2. The van der Waals surface area contributed by atoms with Gasteiger partial charge >= 0.3 is 5.70 Å². The predicted octanol–water partition coefficient (Wildman–Crippen LogP) is 3.20. The summed E-state index contributed by atoms with van der Waals surface area (Å²) in [5.74, 6) is -1.86. The van der Waals surface area contributed by atoms with Crippen LogP contribution in [0.15, 0.2) is 35.0 Å². The molecule has 0 amide bonds. The number of nitrogens with zero attached hydrogens (tertiary/aromatic N) is 5. The topological polar surface area (TPSA) is 165 Å². The fourth-order valence-corrected chi connectivity index (χ4v) is 4.97. The van der Waals surface area contributed by atoms with Gasteiger partial charge in [0.15, 0.2) is 0 Å². The quantitative estimate of drug-likeness (QED) is 0.508. The lowest BCUT2D eigenvalue weighted by molar-refractivity contribution is -0.432. The molecule has 2 heterocycles. The maximum atomic E-state index is 12.1. The highest BCUT2D eigenvalue weighted by Gasteiger charge is 2.47. The number of nitro groups is 3. The molecular weight excluding hydrogens is 438 g/mol. The number of ether oxygens (including phenoxy) is 1. The van der Waals surface area contributed by atoms with Gasteiger partial charge in [0.1, 0.15) is 11.6 Å². The van der Waals surface area contributed by atoms with Gasteiger partial charge in [-0.1, -0.05) is 0 Å². The second-order valence-electron chi connectivity index (χ2n) is 8.15. The molecule has 0 aromatic heterocycles. The Balaban J connectivity index is 2.03. The largest absolute Gasteiger partial charge is 0.490 e. The fraction of sp³-hybridized carbons (Fsp3) is 0.500. The maximum Gasteiger partial charge on any atom is 0.317 e. The van der Waals surface area contributed by atoms with Crippen LogP contribution in [0.25, 0.3) is 0 Å². The number of non-ortho nitro benzene ring substituents is 1. The first-order valence-electron chi connectivity index (χ1n) is 10.5. The van der Waals surface area contributed by atoms with E-state index in [1.54, 1.807) is 0 Å². The molecule has 1 fully saturated rings. The van der Waals surface area contributed by atoms with E-state index in [2.05, 4.69) is 4.90 Å². The Bertz CT molecular complexity index is 1090. The first-order valence-corrected chi connectivity index (χ1v) is 10.5. The number of aliphatic hydroxyl groups is 1. The Hall–Kier alpha value is -3.74. The fourth-order valence-electron chi connectivity index (χ4n) is 4.97. The van der Waals surface area contributed by atoms with E-state index in [0.29, 0.717) is 44.7 Å². The molecule has 0 saturated carbocycles. The highest BCUT2D eigenvalue weighted by molar-refractivity contribution is 5.77. The predicted molar refractivity (Wildman–Crippen MR) is 115 cm³/mol. The van der Waals surface area contributed by atoms with Crippen molar-refractivity contribution in [3.05, 3.63) is 70.9 Å². The van der Waals surface area contributed by atoms with E-state index >= 15 is 0 Å². The van der Waals surface area contributed by atoms with Crippen LogP contribution in [0.4, 0.5) is 17.1 Å². The summed E-state index contributed by atoms with van der Waals surface area (Å²) in [5.41, 5.74) is -0.139. The van der Waals surface area contributed by atoms with E-state index in [1.807, 2.05) is 0 Å². The lowest BCUT2D eigenvalue weighted by atomic mass is 9.78. The molecule has 1 aromatic rings. The second kappa shape index (κ2) is 8.65. The Morgan fingerprint density at radius 2 is 1.67 bits per heavy atom. The van der Waals surface area contributed by atoms with Crippen molar-refractivity contribution >= 4 is 17.1 Å². The molecule has 13 nitrogen and oxygen atoms in total. The number of anilines is 1. The first-order chi connectivity index (χ1) is 15.7. The van der Waals surface area contributed by atoms with Gasteiger partial charge in [0.2, 0.25) is 0 Å². The maximum absolute atomic E-state index is 12.1. The van der Waals surface area contributed by atoms with E-state index in [4.69, 9.17) is 4.74 Å². The number of hydrogen-bond donors (Lipinski definition) is 1. The van der Waals surface area contributed by atoms with Crippen molar-refractivity contribution in [3.63, 3.8) is 0 Å². The molecule has 1 atom stereocenters. The molecule has 176 valence electrons. The third-order valence-electron chi connectivity index (χ3n) is 6.40. The van der Waals surface area contributed by atoms with Crippen LogP contribution in [-0.2, 0) is 4.74 Å². The standard InChI is InChI=1S/C20H23N5O8/c1-21-18-14(10-12(23(27)28)11-16(18)24(29)30)17(19(20(21)26)25(31)32)13-4-2-3-5-15(13)22-6-8-33-9-7-22/h10-11,17,26H,2-9H2,1H3. The normalized spacial score (nSPS) is 21.2. The molecule has 1 N–H and O–H groups in total. The Morgan fingerprint density at radius 3 is 2.27 bits per heavy atom. The zero-order chi connectivity index (χ0) is 23.9. The number of rotatable bonds is 5. The summed E-state index contributed by atoms with van der Waals surface area (Å²) in [7, 11) is 1.27. The molecule has 0 bridgehead atoms. The van der Waals surface area contributed by atoms with E-state index < -0.39 is 43.6 Å². The van der Waals surface area contributed by atoms with Crippen LogP contribution in [0.2, 0.25) is 0 Å².